The molecule has 1 aromatic rings. The summed E-state index contributed by atoms with van der Waals surface area (Å²) in [5, 5.41) is 6.93. The van der Waals surface area contributed by atoms with Gasteiger partial charge in [-0.25, -0.2) is 0 Å². The molecule has 1 aliphatic rings. The Labute approximate surface area is 110 Å². The van der Waals surface area contributed by atoms with Gasteiger partial charge in [0, 0.05) is 12.1 Å². The first-order valence-electron chi connectivity index (χ1n) is 6.84. The van der Waals surface area contributed by atoms with Gasteiger partial charge in [0.2, 0.25) is 0 Å². The molecular formula is C15H24N2O. The molecule has 1 aliphatic heterocycles. The summed E-state index contributed by atoms with van der Waals surface area (Å²) < 4.78 is 5.38. The monoisotopic (exact) mass is 248 g/mol. The predicted octanol–water partition coefficient (Wildman–Crippen LogP) is 2.09. The van der Waals surface area contributed by atoms with Gasteiger partial charge in [-0.1, -0.05) is 17.7 Å². The number of nitrogens with one attached hydrogen (secondary N) is 2. The van der Waals surface area contributed by atoms with Crippen LogP contribution in [0.2, 0.25) is 0 Å². The summed E-state index contributed by atoms with van der Waals surface area (Å²) in [4.78, 5) is 0. The minimum Gasteiger partial charge on any atom is -0.496 e. The second-order valence-corrected chi connectivity index (χ2v) is 5.14. The Morgan fingerprint density at radius 2 is 2.33 bits per heavy atom. The number of rotatable bonds is 6. The molecule has 18 heavy (non-hydrogen) atoms. The molecule has 1 fully saturated rings. The van der Waals surface area contributed by atoms with Gasteiger partial charge in [0.1, 0.15) is 5.75 Å². The molecular weight excluding hydrogens is 224 g/mol. The molecule has 0 saturated carbocycles. The van der Waals surface area contributed by atoms with Crippen LogP contribution in [-0.2, 0) is 6.54 Å². The van der Waals surface area contributed by atoms with E-state index in [9.17, 15) is 0 Å². The van der Waals surface area contributed by atoms with Crippen LogP contribution >= 0.6 is 0 Å². The first-order chi connectivity index (χ1) is 8.79. The summed E-state index contributed by atoms with van der Waals surface area (Å²) in [5.74, 6) is 1.84. The summed E-state index contributed by atoms with van der Waals surface area (Å²) in [6.07, 6.45) is 2.59. The largest absolute Gasteiger partial charge is 0.496 e. The summed E-state index contributed by atoms with van der Waals surface area (Å²) in [5.41, 5.74) is 2.54. The summed E-state index contributed by atoms with van der Waals surface area (Å²) in [6, 6.07) is 6.34. The van der Waals surface area contributed by atoms with E-state index in [1.165, 1.54) is 37.1 Å². The zero-order chi connectivity index (χ0) is 12.8. The maximum Gasteiger partial charge on any atom is 0.123 e. The Morgan fingerprint density at radius 3 is 3.06 bits per heavy atom. The Bertz CT molecular complexity index is 373. The molecule has 2 N–H and O–H groups in total. The van der Waals surface area contributed by atoms with Crippen LogP contribution in [0.3, 0.4) is 0 Å². The maximum atomic E-state index is 5.38. The summed E-state index contributed by atoms with van der Waals surface area (Å²) in [6.45, 7) is 6.48. The van der Waals surface area contributed by atoms with Gasteiger partial charge in [0.15, 0.2) is 0 Å². The third kappa shape index (κ3) is 3.72. The number of hydrogen-bond donors (Lipinski definition) is 2. The topological polar surface area (TPSA) is 33.3 Å². The van der Waals surface area contributed by atoms with Crippen LogP contribution < -0.4 is 15.4 Å². The van der Waals surface area contributed by atoms with Gasteiger partial charge in [-0.05, 0) is 51.4 Å². The van der Waals surface area contributed by atoms with Gasteiger partial charge in [0.05, 0.1) is 7.11 Å². The zero-order valence-corrected chi connectivity index (χ0v) is 11.5. The van der Waals surface area contributed by atoms with E-state index >= 15 is 0 Å². The van der Waals surface area contributed by atoms with Crippen molar-refractivity contribution in [1.82, 2.24) is 10.6 Å². The number of benzene rings is 1. The molecule has 1 saturated heterocycles. The minimum atomic E-state index is 0.858. The smallest absolute Gasteiger partial charge is 0.123 e. The molecule has 0 aliphatic carbocycles. The van der Waals surface area contributed by atoms with Crippen molar-refractivity contribution in [3.8, 4) is 5.75 Å². The normalized spacial score (nSPS) is 19.1. The van der Waals surface area contributed by atoms with Gasteiger partial charge in [-0.3, -0.25) is 0 Å². The van der Waals surface area contributed by atoms with Crippen molar-refractivity contribution in [2.24, 2.45) is 5.92 Å². The quantitative estimate of drug-likeness (QED) is 0.756. The number of hydrogen-bond acceptors (Lipinski definition) is 3. The van der Waals surface area contributed by atoms with E-state index in [0.29, 0.717) is 0 Å². The first-order valence-corrected chi connectivity index (χ1v) is 6.84. The van der Waals surface area contributed by atoms with Crippen molar-refractivity contribution < 1.29 is 4.74 Å². The molecule has 0 bridgehead atoms. The molecule has 0 spiro atoms. The van der Waals surface area contributed by atoms with E-state index < -0.39 is 0 Å². The van der Waals surface area contributed by atoms with Gasteiger partial charge < -0.3 is 15.4 Å². The SMILES string of the molecule is COc1ccc(C)cc1CNCCC1CCNC1. The number of aryl methyl sites for hydroxylation is 1. The average molecular weight is 248 g/mol. The van der Waals surface area contributed by atoms with Crippen LogP contribution in [0, 0.1) is 12.8 Å². The van der Waals surface area contributed by atoms with Gasteiger partial charge >= 0.3 is 0 Å². The van der Waals surface area contributed by atoms with Crippen LogP contribution in [0.15, 0.2) is 18.2 Å². The second kappa shape index (κ2) is 6.76. The Balaban J connectivity index is 1.76. The predicted molar refractivity (Wildman–Crippen MR) is 75.0 cm³/mol. The van der Waals surface area contributed by atoms with Crippen LogP contribution in [0.1, 0.15) is 24.0 Å². The van der Waals surface area contributed by atoms with Gasteiger partial charge in [-0.15, -0.1) is 0 Å². The van der Waals surface area contributed by atoms with Gasteiger partial charge in [0.25, 0.3) is 0 Å². The van der Waals surface area contributed by atoms with E-state index in [0.717, 1.165) is 24.8 Å². The molecule has 1 aromatic carbocycles. The van der Waals surface area contributed by atoms with Crippen LogP contribution in [0.5, 0.6) is 5.75 Å². The van der Waals surface area contributed by atoms with Crippen molar-refractivity contribution in [3.63, 3.8) is 0 Å². The van der Waals surface area contributed by atoms with E-state index in [4.69, 9.17) is 4.74 Å². The Kier molecular flexibility index (Phi) is 5.02. The van der Waals surface area contributed by atoms with Crippen LogP contribution in [0.25, 0.3) is 0 Å². The Morgan fingerprint density at radius 1 is 1.44 bits per heavy atom. The molecule has 1 unspecified atom stereocenters. The lowest BCUT2D eigenvalue weighted by atomic mass is 10.1. The highest BCUT2D eigenvalue weighted by atomic mass is 16.5. The van der Waals surface area contributed by atoms with E-state index in [2.05, 4.69) is 29.7 Å². The molecule has 2 rings (SSSR count). The lowest BCUT2D eigenvalue weighted by Crippen LogP contribution is -2.19. The third-order valence-corrected chi connectivity index (χ3v) is 3.64. The van der Waals surface area contributed by atoms with Gasteiger partial charge in [-0.2, -0.15) is 0 Å². The average Bonchev–Trinajstić information content (AvgIpc) is 2.88. The molecule has 1 heterocycles. The van der Waals surface area contributed by atoms with E-state index in [-0.39, 0.29) is 0 Å². The second-order valence-electron chi connectivity index (χ2n) is 5.14. The molecule has 3 nitrogen and oxygen atoms in total. The molecule has 0 radical (unpaired) electrons. The minimum absolute atomic E-state index is 0.858. The molecule has 1 atom stereocenters. The zero-order valence-electron chi connectivity index (χ0n) is 11.5. The fourth-order valence-corrected chi connectivity index (χ4v) is 2.54. The Hall–Kier alpha value is -1.06. The summed E-state index contributed by atoms with van der Waals surface area (Å²) in [7, 11) is 1.73. The third-order valence-electron chi connectivity index (χ3n) is 3.64. The lowest BCUT2D eigenvalue weighted by Gasteiger charge is -2.12. The van der Waals surface area contributed by atoms with E-state index in [1.54, 1.807) is 7.11 Å². The van der Waals surface area contributed by atoms with Crippen molar-refractivity contribution in [1.29, 1.82) is 0 Å². The highest BCUT2D eigenvalue weighted by molar-refractivity contribution is 5.36. The van der Waals surface area contributed by atoms with E-state index in [1.807, 2.05) is 6.07 Å². The molecule has 3 heteroatoms. The fourth-order valence-electron chi connectivity index (χ4n) is 2.54. The number of methoxy groups -OCH3 is 1. The lowest BCUT2D eigenvalue weighted by molar-refractivity contribution is 0.406. The highest BCUT2D eigenvalue weighted by Gasteiger charge is 2.13. The number of ether oxygens (including phenoxy) is 1. The first kappa shape index (κ1) is 13.4. The summed E-state index contributed by atoms with van der Waals surface area (Å²) >= 11 is 0. The molecule has 0 aromatic heterocycles. The van der Waals surface area contributed by atoms with Crippen LogP contribution in [0.4, 0.5) is 0 Å². The van der Waals surface area contributed by atoms with Crippen molar-refractivity contribution in [3.05, 3.63) is 29.3 Å². The molecule has 100 valence electrons. The van der Waals surface area contributed by atoms with Crippen molar-refractivity contribution in [2.45, 2.75) is 26.3 Å². The highest BCUT2D eigenvalue weighted by Crippen LogP contribution is 2.19. The van der Waals surface area contributed by atoms with Crippen LogP contribution in [-0.4, -0.2) is 26.7 Å². The van der Waals surface area contributed by atoms with Crippen molar-refractivity contribution in [2.75, 3.05) is 26.7 Å². The van der Waals surface area contributed by atoms with Crippen molar-refractivity contribution >= 4 is 0 Å². The molecule has 0 amide bonds. The maximum absolute atomic E-state index is 5.38. The fraction of sp³-hybridized carbons (Fsp3) is 0.600. The standard InChI is InChI=1S/C15H24N2O/c1-12-3-4-15(18-2)14(9-12)11-17-8-6-13-5-7-16-10-13/h3-4,9,13,16-17H,5-8,10-11H2,1-2H3.